The number of carbonyl (C=O) groups is 2. The van der Waals surface area contributed by atoms with Crippen LogP contribution in [0.25, 0.3) is 0 Å². The summed E-state index contributed by atoms with van der Waals surface area (Å²) < 4.78 is 11.1. The molecule has 1 aliphatic heterocycles. The summed E-state index contributed by atoms with van der Waals surface area (Å²) in [5.74, 6) is -1.45. The average molecular weight is 346 g/mol. The highest BCUT2D eigenvalue weighted by Gasteiger charge is 2.44. The van der Waals surface area contributed by atoms with Crippen LogP contribution in [0.15, 0.2) is 47.1 Å². The first-order chi connectivity index (χ1) is 11.9. The van der Waals surface area contributed by atoms with Crippen LogP contribution in [0.3, 0.4) is 0 Å². The van der Waals surface area contributed by atoms with Gasteiger partial charge in [-0.2, -0.15) is 0 Å². The summed E-state index contributed by atoms with van der Waals surface area (Å²) in [6.45, 7) is 9.13. The van der Waals surface area contributed by atoms with Crippen molar-refractivity contribution in [3.63, 3.8) is 0 Å². The van der Waals surface area contributed by atoms with Gasteiger partial charge in [0, 0.05) is 12.0 Å². The number of ether oxygens (including phenoxy) is 2. The second kappa shape index (κ2) is 8.30. The predicted molar refractivity (Wildman–Crippen MR) is 94.6 cm³/mol. The summed E-state index contributed by atoms with van der Waals surface area (Å²) in [5.41, 5.74) is 2.73. The minimum atomic E-state index is -0.577. The number of hydrogen-bond donors (Lipinski definition) is 1. The topological polar surface area (TPSA) is 72.8 Å². The van der Waals surface area contributed by atoms with Gasteiger partial charge in [-0.1, -0.05) is 29.9 Å². The van der Waals surface area contributed by atoms with Crippen molar-refractivity contribution in [1.29, 1.82) is 0 Å². The fourth-order valence-electron chi connectivity index (χ4n) is 3.22. The third-order valence-electron chi connectivity index (χ3n) is 4.70. The summed E-state index contributed by atoms with van der Waals surface area (Å²) in [4.78, 5) is 24.4. The third-order valence-corrected chi connectivity index (χ3v) is 4.70. The van der Waals surface area contributed by atoms with E-state index in [1.54, 1.807) is 6.92 Å². The molecule has 0 amide bonds. The van der Waals surface area contributed by atoms with Gasteiger partial charge in [-0.05, 0) is 39.7 Å². The summed E-state index contributed by atoms with van der Waals surface area (Å²) in [5, 5.41) is 9.29. The Bertz CT molecular complexity index is 653. The molecule has 5 heteroatoms. The molecule has 0 radical (unpaired) electrons. The molecule has 1 fully saturated rings. The van der Waals surface area contributed by atoms with Gasteiger partial charge in [0.05, 0.1) is 18.1 Å². The number of hydrogen-bond acceptors (Lipinski definition) is 5. The largest absolute Gasteiger partial charge is 0.458 e. The van der Waals surface area contributed by atoms with Crippen LogP contribution >= 0.6 is 0 Å². The summed E-state index contributed by atoms with van der Waals surface area (Å²) >= 11 is 0. The zero-order chi connectivity index (χ0) is 18.6. The van der Waals surface area contributed by atoms with Crippen molar-refractivity contribution in [3.8, 4) is 0 Å². The summed E-state index contributed by atoms with van der Waals surface area (Å²) in [6.07, 6.45) is 6.80. The predicted octanol–water partition coefficient (Wildman–Crippen LogP) is 3.01. The number of carbonyl (C=O) groups excluding carboxylic acids is 2. The number of aliphatic hydroxyl groups excluding tert-OH is 1. The van der Waals surface area contributed by atoms with Crippen LogP contribution in [0.4, 0.5) is 0 Å². The number of allylic oxidation sites excluding steroid dienone is 3. The molecule has 5 nitrogen and oxygen atoms in total. The van der Waals surface area contributed by atoms with Crippen molar-refractivity contribution < 1.29 is 24.2 Å². The SMILES string of the molecule is C=C1C(=O)O[C@@H]2C=C(C)CCC=C(C)C[C@@H](OC(=O)C(=CC)CO)[C@@H]12. The highest BCUT2D eigenvalue weighted by molar-refractivity contribution is 5.92. The molecule has 25 heavy (non-hydrogen) atoms. The Morgan fingerprint density at radius 2 is 2.16 bits per heavy atom. The van der Waals surface area contributed by atoms with Gasteiger partial charge in [0.15, 0.2) is 0 Å². The lowest BCUT2D eigenvalue weighted by molar-refractivity contribution is -0.147. The van der Waals surface area contributed by atoms with Crippen molar-refractivity contribution in [1.82, 2.24) is 0 Å². The van der Waals surface area contributed by atoms with E-state index in [0.29, 0.717) is 12.0 Å². The van der Waals surface area contributed by atoms with Gasteiger partial charge in [0.1, 0.15) is 12.2 Å². The molecule has 1 aliphatic carbocycles. The first kappa shape index (κ1) is 19.2. The maximum absolute atomic E-state index is 12.3. The Labute approximate surface area is 148 Å². The van der Waals surface area contributed by atoms with Crippen LogP contribution in [-0.4, -0.2) is 35.9 Å². The maximum Gasteiger partial charge on any atom is 0.336 e. The van der Waals surface area contributed by atoms with Gasteiger partial charge < -0.3 is 14.6 Å². The Balaban J connectivity index is 2.37. The number of aliphatic hydroxyl groups is 1. The number of esters is 2. The third kappa shape index (κ3) is 4.48. The molecule has 2 rings (SSSR count). The number of rotatable bonds is 3. The molecule has 0 aromatic carbocycles. The molecule has 0 aromatic rings. The second-order valence-electron chi connectivity index (χ2n) is 6.64. The van der Waals surface area contributed by atoms with Gasteiger partial charge in [-0.25, -0.2) is 9.59 Å². The lowest BCUT2D eigenvalue weighted by Gasteiger charge is -2.27. The Morgan fingerprint density at radius 3 is 2.80 bits per heavy atom. The fraction of sp³-hybridized carbons (Fsp3) is 0.500. The molecule has 0 unspecified atom stereocenters. The first-order valence-corrected chi connectivity index (χ1v) is 8.57. The van der Waals surface area contributed by atoms with E-state index in [0.717, 1.165) is 24.0 Å². The molecule has 0 saturated carbocycles. The van der Waals surface area contributed by atoms with E-state index in [2.05, 4.69) is 12.7 Å². The highest BCUT2D eigenvalue weighted by Crippen LogP contribution is 2.36. The molecule has 0 aromatic heterocycles. The molecule has 1 heterocycles. The van der Waals surface area contributed by atoms with Gasteiger partial charge in [-0.3, -0.25) is 0 Å². The van der Waals surface area contributed by atoms with Crippen molar-refractivity contribution in [2.75, 3.05) is 6.61 Å². The van der Waals surface area contributed by atoms with Crippen LogP contribution < -0.4 is 0 Å². The van der Waals surface area contributed by atoms with Gasteiger partial charge in [-0.15, -0.1) is 0 Å². The van der Waals surface area contributed by atoms with Crippen LogP contribution in [-0.2, 0) is 19.1 Å². The van der Waals surface area contributed by atoms with E-state index >= 15 is 0 Å². The van der Waals surface area contributed by atoms with E-state index < -0.39 is 30.1 Å². The lowest BCUT2D eigenvalue weighted by atomic mass is 9.85. The van der Waals surface area contributed by atoms with Gasteiger partial charge >= 0.3 is 11.9 Å². The fourth-order valence-corrected chi connectivity index (χ4v) is 3.22. The normalized spacial score (nSPS) is 27.8. The van der Waals surface area contributed by atoms with E-state index in [9.17, 15) is 14.7 Å². The Morgan fingerprint density at radius 1 is 1.44 bits per heavy atom. The van der Waals surface area contributed by atoms with E-state index in [1.807, 2.05) is 19.9 Å². The maximum atomic E-state index is 12.3. The highest BCUT2D eigenvalue weighted by atomic mass is 16.6. The van der Waals surface area contributed by atoms with Crippen molar-refractivity contribution in [2.45, 2.75) is 52.2 Å². The van der Waals surface area contributed by atoms with Gasteiger partial charge in [0.2, 0.25) is 0 Å². The van der Waals surface area contributed by atoms with Gasteiger partial charge in [0.25, 0.3) is 0 Å². The van der Waals surface area contributed by atoms with E-state index in [4.69, 9.17) is 9.47 Å². The number of fused-ring (bicyclic) bond motifs is 1. The first-order valence-electron chi connectivity index (χ1n) is 8.57. The van der Waals surface area contributed by atoms with E-state index in [1.165, 1.54) is 6.08 Å². The van der Waals surface area contributed by atoms with Crippen LogP contribution in [0, 0.1) is 5.92 Å². The minimum Gasteiger partial charge on any atom is -0.458 e. The summed E-state index contributed by atoms with van der Waals surface area (Å²) in [6, 6.07) is 0. The lowest BCUT2D eigenvalue weighted by Crippen LogP contribution is -2.34. The molecule has 136 valence electrons. The van der Waals surface area contributed by atoms with Crippen LogP contribution in [0.1, 0.15) is 40.0 Å². The van der Waals surface area contributed by atoms with Crippen molar-refractivity contribution >= 4 is 11.9 Å². The van der Waals surface area contributed by atoms with E-state index in [-0.39, 0.29) is 12.2 Å². The molecular weight excluding hydrogens is 320 g/mol. The molecule has 2 aliphatic rings. The Hall–Kier alpha value is -2.14. The van der Waals surface area contributed by atoms with Crippen molar-refractivity contribution in [3.05, 3.63) is 47.1 Å². The van der Waals surface area contributed by atoms with Crippen LogP contribution in [0.5, 0.6) is 0 Å². The molecular formula is C20H26O5. The molecule has 0 bridgehead atoms. The monoisotopic (exact) mass is 346 g/mol. The molecule has 0 spiro atoms. The smallest absolute Gasteiger partial charge is 0.336 e. The average Bonchev–Trinajstić information content (AvgIpc) is 2.81. The standard InChI is InChI=1S/C20H26O5/c1-5-15(11-21)20(23)25-17-10-13(3)8-6-7-12(2)9-16-18(17)14(4)19(22)24-16/h5,8-9,16-18,21H,4,6-7,10-11H2,1-3H3/t16-,17-,18+/m1/s1. The quantitative estimate of drug-likeness (QED) is 0.483. The minimum absolute atomic E-state index is 0.192. The molecule has 1 N–H and O–H groups in total. The molecule has 1 saturated heterocycles. The summed E-state index contributed by atoms with van der Waals surface area (Å²) in [7, 11) is 0. The second-order valence-corrected chi connectivity index (χ2v) is 6.64. The van der Waals surface area contributed by atoms with Crippen LogP contribution in [0.2, 0.25) is 0 Å². The molecule has 3 atom stereocenters. The zero-order valence-electron chi connectivity index (χ0n) is 15.1. The van der Waals surface area contributed by atoms with Crippen molar-refractivity contribution in [2.24, 2.45) is 5.92 Å². The Kier molecular flexibility index (Phi) is 6.37. The zero-order valence-corrected chi connectivity index (χ0v) is 15.1.